The number of carbonyl (C=O) groups is 2. The summed E-state index contributed by atoms with van der Waals surface area (Å²) in [7, 11) is 0. The van der Waals surface area contributed by atoms with Crippen molar-refractivity contribution in [3.8, 4) is 5.75 Å². The molecule has 25 heavy (non-hydrogen) atoms. The van der Waals surface area contributed by atoms with Crippen molar-refractivity contribution in [3.05, 3.63) is 59.7 Å². The smallest absolute Gasteiger partial charge is 0.387 e. The number of anilines is 1. The molecule has 0 aliphatic carbocycles. The fourth-order valence-corrected chi connectivity index (χ4v) is 2.15. The van der Waals surface area contributed by atoms with Crippen LogP contribution in [0.25, 0.3) is 0 Å². The Labute approximate surface area is 144 Å². The fraction of sp³-hybridized carbons (Fsp3) is 0.222. The van der Waals surface area contributed by atoms with E-state index >= 15 is 0 Å². The quantitative estimate of drug-likeness (QED) is 0.808. The van der Waals surface area contributed by atoms with Crippen LogP contribution < -0.4 is 15.4 Å². The second kappa shape index (κ2) is 8.77. The maximum atomic E-state index is 12.1. The van der Waals surface area contributed by atoms with Gasteiger partial charge in [-0.2, -0.15) is 8.78 Å². The van der Waals surface area contributed by atoms with Gasteiger partial charge < -0.3 is 15.4 Å². The van der Waals surface area contributed by atoms with Crippen molar-refractivity contribution in [1.82, 2.24) is 5.32 Å². The predicted octanol–water partition coefficient (Wildman–Crippen LogP) is 3.11. The molecular weight excluding hydrogens is 330 g/mol. The summed E-state index contributed by atoms with van der Waals surface area (Å²) in [4.78, 5) is 22.9. The normalized spacial score (nSPS) is 10.4. The van der Waals surface area contributed by atoms with E-state index in [-0.39, 0.29) is 24.0 Å². The Morgan fingerprint density at radius 3 is 2.16 bits per heavy atom. The number of halogens is 2. The van der Waals surface area contributed by atoms with Gasteiger partial charge in [0.2, 0.25) is 11.8 Å². The monoisotopic (exact) mass is 348 g/mol. The molecule has 0 spiro atoms. The van der Waals surface area contributed by atoms with E-state index in [2.05, 4.69) is 15.4 Å². The van der Waals surface area contributed by atoms with Crippen LogP contribution >= 0.6 is 0 Å². The lowest BCUT2D eigenvalue weighted by molar-refractivity contribution is -0.120. The van der Waals surface area contributed by atoms with Gasteiger partial charge in [-0.1, -0.05) is 24.3 Å². The third kappa shape index (κ3) is 6.58. The zero-order valence-electron chi connectivity index (χ0n) is 13.6. The van der Waals surface area contributed by atoms with Gasteiger partial charge in [-0.05, 0) is 35.4 Å². The number of hydrogen-bond donors (Lipinski definition) is 2. The molecule has 2 amide bonds. The zero-order valence-corrected chi connectivity index (χ0v) is 13.6. The third-order valence-electron chi connectivity index (χ3n) is 3.28. The number of nitrogens with one attached hydrogen (secondary N) is 2. The summed E-state index contributed by atoms with van der Waals surface area (Å²) >= 11 is 0. The summed E-state index contributed by atoms with van der Waals surface area (Å²) in [6, 6.07) is 13.1. The van der Waals surface area contributed by atoms with Crippen molar-refractivity contribution in [1.29, 1.82) is 0 Å². The number of benzene rings is 2. The van der Waals surface area contributed by atoms with Crippen molar-refractivity contribution in [2.24, 2.45) is 0 Å². The molecule has 0 heterocycles. The van der Waals surface area contributed by atoms with Crippen molar-refractivity contribution in [3.63, 3.8) is 0 Å². The average molecular weight is 348 g/mol. The number of amides is 2. The van der Waals surface area contributed by atoms with Crippen LogP contribution in [0, 0.1) is 0 Å². The highest BCUT2D eigenvalue weighted by Gasteiger charge is 2.06. The van der Waals surface area contributed by atoms with E-state index in [0.29, 0.717) is 17.8 Å². The summed E-state index contributed by atoms with van der Waals surface area (Å²) in [5.74, 6) is -0.280. The number of alkyl halides is 2. The van der Waals surface area contributed by atoms with Gasteiger partial charge in [0.25, 0.3) is 0 Å². The molecule has 7 heteroatoms. The van der Waals surface area contributed by atoms with Gasteiger partial charge in [0.05, 0.1) is 6.42 Å². The van der Waals surface area contributed by atoms with Crippen molar-refractivity contribution in [2.75, 3.05) is 5.32 Å². The summed E-state index contributed by atoms with van der Waals surface area (Å²) in [6.07, 6.45) is 0.138. The van der Waals surface area contributed by atoms with Gasteiger partial charge in [-0.3, -0.25) is 9.59 Å². The first kappa shape index (κ1) is 18.4. The molecule has 0 aromatic heterocycles. The van der Waals surface area contributed by atoms with Crippen molar-refractivity contribution < 1.29 is 23.1 Å². The lowest BCUT2D eigenvalue weighted by Gasteiger charge is -2.08. The summed E-state index contributed by atoms with van der Waals surface area (Å²) in [5.41, 5.74) is 2.27. The van der Waals surface area contributed by atoms with Crippen molar-refractivity contribution >= 4 is 17.5 Å². The molecule has 132 valence electrons. The van der Waals surface area contributed by atoms with E-state index in [1.165, 1.54) is 19.1 Å². The molecule has 0 saturated carbocycles. The predicted molar refractivity (Wildman–Crippen MR) is 89.4 cm³/mol. The minimum Gasteiger partial charge on any atom is -0.435 e. The van der Waals surface area contributed by atoms with Gasteiger partial charge in [0.15, 0.2) is 0 Å². The number of rotatable bonds is 7. The topological polar surface area (TPSA) is 67.4 Å². The third-order valence-corrected chi connectivity index (χ3v) is 3.28. The molecule has 0 radical (unpaired) electrons. The number of carbonyl (C=O) groups excluding carboxylic acids is 2. The molecule has 0 bridgehead atoms. The molecule has 2 rings (SSSR count). The zero-order chi connectivity index (χ0) is 18.2. The van der Waals surface area contributed by atoms with E-state index in [1.54, 1.807) is 24.3 Å². The molecule has 0 unspecified atom stereocenters. The van der Waals surface area contributed by atoms with E-state index in [4.69, 9.17) is 0 Å². The largest absolute Gasteiger partial charge is 0.435 e. The molecule has 2 aromatic rings. The highest BCUT2D eigenvalue weighted by Crippen LogP contribution is 2.15. The Hall–Kier alpha value is -2.96. The second-order valence-corrected chi connectivity index (χ2v) is 5.35. The molecule has 5 nitrogen and oxygen atoms in total. The first-order valence-corrected chi connectivity index (χ1v) is 7.59. The van der Waals surface area contributed by atoms with Crippen LogP contribution in [-0.4, -0.2) is 18.4 Å². The first-order chi connectivity index (χ1) is 11.9. The Morgan fingerprint density at radius 1 is 1.00 bits per heavy atom. The lowest BCUT2D eigenvalue weighted by Crippen LogP contribution is -2.24. The summed E-state index contributed by atoms with van der Waals surface area (Å²) < 4.78 is 28.4. The Balaban J connectivity index is 1.81. The summed E-state index contributed by atoms with van der Waals surface area (Å²) in [5, 5.41) is 5.44. The molecule has 0 aliphatic rings. The minimum atomic E-state index is -2.87. The lowest BCUT2D eigenvalue weighted by atomic mass is 10.1. The summed E-state index contributed by atoms with van der Waals surface area (Å²) in [6.45, 7) is -1.09. The first-order valence-electron chi connectivity index (χ1n) is 7.59. The van der Waals surface area contributed by atoms with Crippen LogP contribution in [0.1, 0.15) is 18.1 Å². The van der Waals surface area contributed by atoms with Crippen LogP contribution in [-0.2, 0) is 22.6 Å². The SMILES string of the molecule is CC(=O)Nc1ccc(CNC(=O)Cc2ccc(OC(F)F)cc2)cc1. The highest BCUT2D eigenvalue weighted by molar-refractivity contribution is 5.88. The van der Waals surface area contributed by atoms with E-state index < -0.39 is 6.61 Å². The van der Waals surface area contributed by atoms with Crippen LogP contribution in [0.15, 0.2) is 48.5 Å². The average Bonchev–Trinajstić information content (AvgIpc) is 2.55. The molecular formula is C18H18F2N2O3. The Bertz CT molecular complexity index is 716. The Kier molecular flexibility index (Phi) is 6.45. The molecule has 0 saturated heterocycles. The van der Waals surface area contributed by atoms with E-state index in [0.717, 1.165) is 5.56 Å². The molecule has 0 aliphatic heterocycles. The maximum absolute atomic E-state index is 12.1. The molecule has 0 fully saturated rings. The van der Waals surface area contributed by atoms with Crippen LogP contribution in [0.2, 0.25) is 0 Å². The molecule has 2 N–H and O–H groups in total. The van der Waals surface area contributed by atoms with Crippen LogP contribution in [0.3, 0.4) is 0 Å². The van der Waals surface area contributed by atoms with E-state index in [1.807, 2.05) is 12.1 Å². The number of hydrogen-bond acceptors (Lipinski definition) is 3. The highest BCUT2D eigenvalue weighted by atomic mass is 19.3. The molecule has 2 aromatic carbocycles. The standard InChI is InChI=1S/C18H18F2N2O3/c1-12(23)22-15-6-2-14(3-7-15)11-21-17(24)10-13-4-8-16(9-5-13)25-18(19)20/h2-9,18H,10-11H2,1H3,(H,21,24)(H,22,23). The van der Waals surface area contributed by atoms with Gasteiger partial charge in [0.1, 0.15) is 5.75 Å². The molecule has 0 atom stereocenters. The van der Waals surface area contributed by atoms with Crippen molar-refractivity contribution in [2.45, 2.75) is 26.5 Å². The maximum Gasteiger partial charge on any atom is 0.387 e. The fourth-order valence-electron chi connectivity index (χ4n) is 2.15. The minimum absolute atomic E-state index is 0.0541. The van der Waals surface area contributed by atoms with Gasteiger partial charge in [-0.25, -0.2) is 0 Å². The number of ether oxygens (including phenoxy) is 1. The van der Waals surface area contributed by atoms with Crippen LogP contribution in [0.5, 0.6) is 5.75 Å². The van der Waals surface area contributed by atoms with Gasteiger partial charge in [0, 0.05) is 19.2 Å². The van der Waals surface area contributed by atoms with Crippen LogP contribution in [0.4, 0.5) is 14.5 Å². The van der Waals surface area contributed by atoms with E-state index in [9.17, 15) is 18.4 Å². The second-order valence-electron chi connectivity index (χ2n) is 5.35. The Morgan fingerprint density at radius 2 is 1.60 bits per heavy atom. The van der Waals surface area contributed by atoms with Gasteiger partial charge >= 0.3 is 6.61 Å². The van der Waals surface area contributed by atoms with Gasteiger partial charge in [-0.15, -0.1) is 0 Å².